The van der Waals surface area contributed by atoms with E-state index in [-0.39, 0.29) is 0 Å². The van der Waals surface area contributed by atoms with Gasteiger partial charge in [0.05, 0.1) is 11.4 Å². The number of aromatic nitrogens is 4. The molecule has 0 saturated heterocycles. The topological polar surface area (TPSA) is 47.7 Å². The standard InChI is InChI=1S/C15H25N5/c1-5-8-16-13(14-11-12(2)18-20(14)4)6-7-15-17-9-10-19(15)3/h9-11,13,16H,5-8H2,1-4H3. The molecule has 20 heavy (non-hydrogen) atoms. The molecule has 0 aliphatic carbocycles. The molecule has 0 aromatic carbocycles. The van der Waals surface area contributed by atoms with Crippen LogP contribution >= 0.6 is 0 Å². The van der Waals surface area contributed by atoms with Gasteiger partial charge in [-0.25, -0.2) is 4.98 Å². The van der Waals surface area contributed by atoms with Crippen molar-refractivity contribution in [2.45, 2.75) is 39.2 Å². The molecule has 2 heterocycles. The van der Waals surface area contributed by atoms with Crippen molar-refractivity contribution < 1.29 is 0 Å². The number of nitrogens with one attached hydrogen (secondary N) is 1. The number of hydrogen-bond donors (Lipinski definition) is 1. The highest BCUT2D eigenvalue weighted by Crippen LogP contribution is 2.19. The first kappa shape index (κ1) is 14.8. The molecule has 0 amide bonds. The van der Waals surface area contributed by atoms with Gasteiger partial charge in [-0.15, -0.1) is 0 Å². The van der Waals surface area contributed by atoms with Gasteiger partial charge in [0.2, 0.25) is 0 Å². The molecule has 5 nitrogen and oxygen atoms in total. The SMILES string of the molecule is CCCNC(CCc1nccn1C)c1cc(C)nn1C. The van der Waals surface area contributed by atoms with Crippen LogP contribution in [0.2, 0.25) is 0 Å². The van der Waals surface area contributed by atoms with Gasteiger partial charge in [0, 0.05) is 39.0 Å². The number of hydrogen-bond acceptors (Lipinski definition) is 3. The summed E-state index contributed by atoms with van der Waals surface area (Å²) in [4.78, 5) is 4.40. The van der Waals surface area contributed by atoms with E-state index in [0.29, 0.717) is 6.04 Å². The Morgan fingerprint density at radius 3 is 2.70 bits per heavy atom. The summed E-state index contributed by atoms with van der Waals surface area (Å²) in [5.41, 5.74) is 2.33. The van der Waals surface area contributed by atoms with Crippen LogP contribution in [0.25, 0.3) is 0 Å². The van der Waals surface area contributed by atoms with Crippen molar-refractivity contribution in [2.75, 3.05) is 6.54 Å². The van der Waals surface area contributed by atoms with Gasteiger partial charge in [-0.05, 0) is 32.4 Å². The Kier molecular flexibility index (Phi) is 4.95. The molecule has 0 aliphatic heterocycles. The first-order valence-corrected chi connectivity index (χ1v) is 7.32. The van der Waals surface area contributed by atoms with Crippen LogP contribution in [0.3, 0.4) is 0 Å². The molecule has 0 bridgehead atoms. The van der Waals surface area contributed by atoms with Crippen molar-refractivity contribution in [1.82, 2.24) is 24.6 Å². The molecular formula is C15H25N5. The molecule has 5 heteroatoms. The average Bonchev–Trinajstić information content (AvgIpc) is 2.96. The van der Waals surface area contributed by atoms with Crippen LogP contribution in [-0.2, 0) is 20.5 Å². The summed E-state index contributed by atoms with van der Waals surface area (Å²) in [5.74, 6) is 1.13. The maximum atomic E-state index is 4.46. The lowest BCUT2D eigenvalue weighted by Crippen LogP contribution is -2.25. The van der Waals surface area contributed by atoms with Crippen molar-refractivity contribution in [1.29, 1.82) is 0 Å². The van der Waals surface area contributed by atoms with E-state index in [0.717, 1.165) is 37.3 Å². The third kappa shape index (κ3) is 3.48. The second kappa shape index (κ2) is 6.70. The van der Waals surface area contributed by atoms with Crippen molar-refractivity contribution >= 4 is 0 Å². The zero-order chi connectivity index (χ0) is 14.5. The van der Waals surface area contributed by atoms with Gasteiger partial charge in [-0.1, -0.05) is 6.92 Å². The number of imidazole rings is 1. The Morgan fingerprint density at radius 2 is 2.15 bits per heavy atom. The Bertz CT molecular complexity index is 540. The Morgan fingerprint density at radius 1 is 1.35 bits per heavy atom. The van der Waals surface area contributed by atoms with Crippen LogP contribution < -0.4 is 5.32 Å². The fourth-order valence-electron chi connectivity index (χ4n) is 2.54. The molecular weight excluding hydrogens is 250 g/mol. The molecule has 2 aromatic rings. The van der Waals surface area contributed by atoms with Crippen LogP contribution in [0.1, 0.15) is 43.0 Å². The highest BCUT2D eigenvalue weighted by molar-refractivity contribution is 5.13. The minimum Gasteiger partial charge on any atom is -0.338 e. The third-order valence-electron chi connectivity index (χ3n) is 3.61. The quantitative estimate of drug-likeness (QED) is 0.842. The average molecular weight is 275 g/mol. The number of aryl methyl sites for hydroxylation is 4. The van der Waals surface area contributed by atoms with Gasteiger partial charge in [-0.2, -0.15) is 5.10 Å². The molecule has 1 unspecified atom stereocenters. The summed E-state index contributed by atoms with van der Waals surface area (Å²) in [6.45, 7) is 5.26. The van der Waals surface area contributed by atoms with E-state index >= 15 is 0 Å². The first-order chi connectivity index (χ1) is 9.61. The number of rotatable bonds is 7. The van der Waals surface area contributed by atoms with Crippen LogP contribution in [0.4, 0.5) is 0 Å². The molecule has 1 N–H and O–H groups in total. The molecule has 2 aromatic heterocycles. The zero-order valence-electron chi connectivity index (χ0n) is 12.9. The summed E-state index contributed by atoms with van der Waals surface area (Å²) in [7, 11) is 4.06. The van der Waals surface area contributed by atoms with Crippen molar-refractivity contribution in [3.63, 3.8) is 0 Å². The second-order valence-corrected chi connectivity index (χ2v) is 5.33. The molecule has 110 valence electrons. The van der Waals surface area contributed by atoms with Crippen molar-refractivity contribution in [3.8, 4) is 0 Å². The minimum atomic E-state index is 0.331. The predicted octanol–water partition coefficient (Wildman–Crippen LogP) is 2.14. The summed E-state index contributed by atoms with van der Waals surface area (Å²) < 4.78 is 4.08. The maximum Gasteiger partial charge on any atom is 0.108 e. The lowest BCUT2D eigenvalue weighted by molar-refractivity contribution is 0.462. The maximum absolute atomic E-state index is 4.46. The van der Waals surface area contributed by atoms with E-state index in [1.807, 2.05) is 38.1 Å². The van der Waals surface area contributed by atoms with Crippen LogP contribution in [0, 0.1) is 6.92 Å². The van der Waals surface area contributed by atoms with Crippen molar-refractivity contribution in [3.05, 3.63) is 35.7 Å². The van der Waals surface area contributed by atoms with Gasteiger partial charge in [0.15, 0.2) is 0 Å². The summed E-state index contributed by atoms with van der Waals surface area (Å²) >= 11 is 0. The second-order valence-electron chi connectivity index (χ2n) is 5.33. The monoisotopic (exact) mass is 275 g/mol. The minimum absolute atomic E-state index is 0.331. The molecule has 0 fully saturated rings. The molecule has 0 radical (unpaired) electrons. The van der Waals surface area contributed by atoms with Crippen LogP contribution in [0.15, 0.2) is 18.5 Å². The summed E-state index contributed by atoms with van der Waals surface area (Å²) in [6.07, 6.45) is 6.99. The van der Waals surface area contributed by atoms with Gasteiger partial charge in [0.1, 0.15) is 5.82 Å². The normalized spacial score (nSPS) is 12.8. The Hall–Kier alpha value is -1.62. The molecule has 0 spiro atoms. The van der Waals surface area contributed by atoms with E-state index < -0.39 is 0 Å². The molecule has 0 aliphatic rings. The van der Waals surface area contributed by atoms with Gasteiger partial charge < -0.3 is 9.88 Å². The molecule has 1 atom stereocenters. The van der Waals surface area contributed by atoms with E-state index in [4.69, 9.17) is 0 Å². The lowest BCUT2D eigenvalue weighted by atomic mass is 10.1. The van der Waals surface area contributed by atoms with Crippen molar-refractivity contribution in [2.24, 2.45) is 14.1 Å². The fourth-order valence-corrected chi connectivity index (χ4v) is 2.54. The van der Waals surface area contributed by atoms with E-state index in [9.17, 15) is 0 Å². The highest BCUT2D eigenvalue weighted by atomic mass is 15.3. The third-order valence-corrected chi connectivity index (χ3v) is 3.61. The van der Waals surface area contributed by atoms with E-state index in [1.165, 1.54) is 5.69 Å². The first-order valence-electron chi connectivity index (χ1n) is 7.32. The Balaban J connectivity index is 2.07. The zero-order valence-corrected chi connectivity index (χ0v) is 12.9. The largest absolute Gasteiger partial charge is 0.338 e. The van der Waals surface area contributed by atoms with Crippen LogP contribution in [0.5, 0.6) is 0 Å². The van der Waals surface area contributed by atoms with E-state index in [1.54, 1.807) is 0 Å². The van der Waals surface area contributed by atoms with Gasteiger partial charge in [-0.3, -0.25) is 4.68 Å². The highest BCUT2D eigenvalue weighted by Gasteiger charge is 2.16. The number of nitrogens with zero attached hydrogens (tertiary/aromatic N) is 4. The van der Waals surface area contributed by atoms with Gasteiger partial charge >= 0.3 is 0 Å². The summed E-state index contributed by atoms with van der Waals surface area (Å²) in [6, 6.07) is 2.50. The Labute approximate surface area is 121 Å². The molecule has 2 rings (SSSR count). The van der Waals surface area contributed by atoms with E-state index in [2.05, 4.69) is 33.0 Å². The van der Waals surface area contributed by atoms with Gasteiger partial charge in [0.25, 0.3) is 0 Å². The summed E-state index contributed by atoms with van der Waals surface area (Å²) in [5, 5.41) is 8.08. The lowest BCUT2D eigenvalue weighted by Gasteiger charge is -2.18. The smallest absolute Gasteiger partial charge is 0.108 e. The van der Waals surface area contributed by atoms with Crippen LogP contribution in [-0.4, -0.2) is 25.9 Å². The fraction of sp³-hybridized carbons (Fsp3) is 0.600. The molecule has 0 saturated carbocycles. The predicted molar refractivity (Wildman–Crippen MR) is 80.5 cm³/mol.